The number of pyridine rings is 1. The smallest absolute Gasteiger partial charge is 0.0634 e. The van der Waals surface area contributed by atoms with Crippen LogP contribution in [0.2, 0.25) is 5.02 Å². The molecule has 4 heteroatoms. The van der Waals surface area contributed by atoms with Gasteiger partial charge in [-0.1, -0.05) is 11.6 Å². The Morgan fingerprint density at radius 3 is 2.94 bits per heavy atom. The summed E-state index contributed by atoms with van der Waals surface area (Å²) in [6.07, 6.45) is 5.96. The molecule has 1 saturated heterocycles. The van der Waals surface area contributed by atoms with Crippen LogP contribution in [0.4, 0.5) is 0 Å². The highest BCUT2D eigenvalue weighted by molar-refractivity contribution is 6.31. The van der Waals surface area contributed by atoms with Gasteiger partial charge >= 0.3 is 0 Å². The maximum atomic E-state index is 6.11. The van der Waals surface area contributed by atoms with Crippen molar-refractivity contribution < 1.29 is 0 Å². The largest absolute Gasteiger partial charge is 0.317 e. The summed E-state index contributed by atoms with van der Waals surface area (Å²) < 4.78 is 0. The van der Waals surface area contributed by atoms with E-state index in [0.717, 1.165) is 30.2 Å². The van der Waals surface area contributed by atoms with Gasteiger partial charge in [-0.3, -0.25) is 9.88 Å². The van der Waals surface area contributed by atoms with Crippen molar-refractivity contribution >= 4 is 11.6 Å². The molecule has 1 aliphatic rings. The number of nitrogens with one attached hydrogen (secondary N) is 1. The zero-order valence-corrected chi connectivity index (χ0v) is 10.4. The van der Waals surface area contributed by atoms with E-state index in [1.165, 1.54) is 12.8 Å². The van der Waals surface area contributed by atoms with Crippen molar-refractivity contribution in [2.45, 2.75) is 25.4 Å². The average Bonchev–Trinajstić information content (AvgIpc) is 2.33. The van der Waals surface area contributed by atoms with E-state index in [-0.39, 0.29) is 0 Å². The Labute approximate surface area is 102 Å². The van der Waals surface area contributed by atoms with Gasteiger partial charge in [0, 0.05) is 25.0 Å². The molecule has 0 atom stereocenters. The zero-order chi connectivity index (χ0) is 11.4. The van der Waals surface area contributed by atoms with Crippen molar-refractivity contribution in [1.82, 2.24) is 15.2 Å². The highest BCUT2D eigenvalue weighted by Gasteiger charge is 2.18. The van der Waals surface area contributed by atoms with Crippen LogP contribution in [-0.4, -0.2) is 36.1 Å². The maximum absolute atomic E-state index is 6.11. The highest BCUT2D eigenvalue weighted by Crippen LogP contribution is 2.18. The lowest BCUT2D eigenvalue weighted by atomic mass is 10.0. The Kier molecular flexibility index (Phi) is 4.16. The molecular weight excluding hydrogens is 222 g/mol. The molecule has 1 N–H and O–H groups in total. The fourth-order valence-corrected chi connectivity index (χ4v) is 2.36. The fourth-order valence-electron chi connectivity index (χ4n) is 2.18. The van der Waals surface area contributed by atoms with E-state index in [4.69, 9.17) is 11.6 Å². The number of hydrogen-bond donors (Lipinski definition) is 1. The molecule has 0 unspecified atom stereocenters. The molecule has 0 spiro atoms. The molecule has 3 nitrogen and oxygen atoms in total. The monoisotopic (exact) mass is 239 g/mol. The first-order valence-electron chi connectivity index (χ1n) is 5.76. The number of nitrogens with zero attached hydrogens (tertiary/aromatic N) is 2. The summed E-state index contributed by atoms with van der Waals surface area (Å²) in [6, 6.07) is 2.67. The number of hydrogen-bond acceptors (Lipinski definition) is 3. The van der Waals surface area contributed by atoms with Crippen LogP contribution in [0.3, 0.4) is 0 Å². The minimum atomic E-state index is 0.672. The van der Waals surface area contributed by atoms with Gasteiger partial charge < -0.3 is 5.32 Å². The number of rotatable bonds is 3. The van der Waals surface area contributed by atoms with Crippen LogP contribution in [0, 0.1) is 0 Å². The minimum Gasteiger partial charge on any atom is -0.317 e. The van der Waals surface area contributed by atoms with Crippen LogP contribution in [0.15, 0.2) is 18.5 Å². The Morgan fingerprint density at radius 1 is 1.50 bits per heavy atom. The number of halogens is 1. The maximum Gasteiger partial charge on any atom is 0.0634 e. The van der Waals surface area contributed by atoms with Gasteiger partial charge in [0.15, 0.2) is 0 Å². The molecule has 2 rings (SSSR count). The molecule has 2 heterocycles. The molecule has 0 radical (unpaired) electrons. The molecule has 88 valence electrons. The molecule has 0 aliphatic carbocycles. The molecule has 0 amide bonds. The Balaban J connectivity index is 1.96. The topological polar surface area (TPSA) is 28.2 Å². The van der Waals surface area contributed by atoms with Crippen molar-refractivity contribution in [1.29, 1.82) is 0 Å². The summed E-state index contributed by atoms with van der Waals surface area (Å²) in [5.41, 5.74) is 1.16. The third-order valence-corrected chi connectivity index (χ3v) is 3.55. The Bertz CT molecular complexity index is 337. The molecular formula is C12H18ClN3. The highest BCUT2D eigenvalue weighted by atomic mass is 35.5. The van der Waals surface area contributed by atoms with Gasteiger partial charge in [0.2, 0.25) is 0 Å². The van der Waals surface area contributed by atoms with Crippen molar-refractivity contribution in [2.75, 3.05) is 20.1 Å². The van der Waals surface area contributed by atoms with Gasteiger partial charge in [0.1, 0.15) is 0 Å². The molecule has 0 aromatic carbocycles. The Hall–Kier alpha value is -0.640. The molecule has 1 aliphatic heterocycles. The first-order valence-corrected chi connectivity index (χ1v) is 6.14. The molecule has 1 aromatic rings. The van der Waals surface area contributed by atoms with Crippen LogP contribution < -0.4 is 5.32 Å². The van der Waals surface area contributed by atoms with E-state index in [9.17, 15) is 0 Å². The van der Waals surface area contributed by atoms with E-state index in [1.54, 1.807) is 12.4 Å². The molecule has 1 fully saturated rings. The summed E-state index contributed by atoms with van der Waals surface area (Å²) in [6.45, 7) is 3.16. The second kappa shape index (κ2) is 5.62. The zero-order valence-electron chi connectivity index (χ0n) is 9.62. The average molecular weight is 240 g/mol. The summed E-state index contributed by atoms with van der Waals surface area (Å²) in [5, 5.41) is 4.15. The van der Waals surface area contributed by atoms with Crippen molar-refractivity contribution in [3.63, 3.8) is 0 Å². The Morgan fingerprint density at radius 2 is 2.25 bits per heavy atom. The third kappa shape index (κ3) is 2.94. The van der Waals surface area contributed by atoms with Crippen LogP contribution in [0.1, 0.15) is 18.4 Å². The quantitative estimate of drug-likeness (QED) is 0.874. The number of piperidine rings is 1. The first-order chi connectivity index (χ1) is 7.77. The summed E-state index contributed by atoms with van der Waals surface area (Å²) in [4.78, 5) is 6.40. The van der Waals surface area contributed by atoms with E-state index >= 15 is 0 Å². The van der Waals surface area contributed by atoms with E-state index in [1.807, 2.05) is 6.07 Å². The van der Waals surface area contributed by atoms with Gasteiger partial charge in [-0.25, -0.2) is 0 Å². The van der Waals surface area contributed by atoms with Crippen molar-refractivity contribution in [3.8, 4) is 0 Å². The first kappa shape index (κ1) is 11.8. The number of aromatic nitrogens is 1. The third-order valence-electron chi connectivity index (χ3n) is 3.21. The molecule has 0 saturated carbocycles. The van der Waals surface area contributed by atoms with Crippen LogP contribution >= 0.6 is 11.6 Å². The summed E-state index contributed by atoms with van der Waals surface area (Å²) in [7, 11) is 2.17. The van der Waals surface area contributed by atoms with Gasteiger partial charge in [-0.05, 0) is 44.6 Å². The molecule has 16 heavy (non-hydrogen) atoms. The lowest BCUT2D eigenvalue weighted by Gasteiger charge is -2.31. The predicted octanol–water partition coefficient (Wildman–Crippen LogP) is 1.92. The molecule has 1 aromatic heterocycles. The second-order valence-corrected chi connectivity index (χ2v) is 4.77. The van der Waals surface area contributed by atoms with Crippen molar-refractivity contribution in [3.05, 3.63) is 29.0 Å². The minimum absolute atomic E-state index is 0.672. The SMILES string of the molecule is CN(Cc1ccncc1Cl)C1CCNCC1. The fraction of sp³-hybridized carbons (Fsp3) is 0.583. The lowest BCUT2D eigenvalue weighted by molar-refractivity contribution is 0.192. The lowest BCUT2D eigenvalue weighted by Crippen LogP contribution is -2.40. The van der Waals surface area contributed by atoms with Crippen LogP contribution in [-0.2, 0) is 6.54 Å². The van der Waals surface area contributed by atoms with Gasteiger partial charge in [0.05, 0.1) is 5.02 Å². The van der Waals surface area contributed by atoms with Gasteiger partial charge in [-0.2, -0.15) is 0 Å². The van der Waals surface area contributed by atoms with Crippen molar-refractivity contribution in [2.24, 2.45) is 0 Å². The van der Waals surface area contributed by atoms with E-state index < -0.39 is 0 Å². The van der Waals surface area contributed by atoms with Gasteiger partial charge in [-0.15, -0.1) is 0 Å². The molecule has 0 bridgehead atoms. The second-order valence-electron chi connectivity index (χ2n) is 4.36. The summed E-state index contributed by atoms with van der Waals surface area (Å²) in [5.74, 6) is 0. The van der Waals surface area contributed by atoms with E-state index in [2.05, 4.69) is 22.2 Å². The standard InChI is InChI=1S/C12H18ClN3/c1-16(11-3-6-14-7-4-11)9-10-2-5-15-8-12(10)13/h2,5,8,11,14H,3-4,6-7,9H2,1H3. The van der Waals surface area contributed by atoms with Gasteiger partial charge in [0.25, 0.3) is 0 Å². The summed E-state index contributed by atoms with van der Waals surface area (Å²) >= 11 is 6.11. The van der Waals surface area contributed by atoms with Crippen LogP contribution in [0.25, 0.3) is 0 Å². The predicted molar refractivity (Wildman–Crippen MR) is 66.6 cm³/mol. The van der Waals surface area contributed by atoms with E-state index in [0.29, 0.717) is 6.04 Å². The normalized spacial score (nSPS) is 17.9. The van der Waals surface area contributed by atoms with Crippen LogP contribution in [0.5, 0.6) is 0 Å².